The fourth-order valence-electron chi connectivity index (χ4n) is 4.34. The number of carbonyl (C=O) groups is 2. The van der Waals surface area contributed by atoms with Crippen molar-refractivity contribution in [3.8, 4) is 0 Å². The fraction of sp³-hybridized carbons (Fsp3) is 0.520. The number of benzene rings is 2. The molecule has 0 spiro atoms. The van der Waals surface area contributed by atoms with E-state index >= 15 is 0 Å². The second kappa shape index (κ2) is 11.7. The number of carboxylic acids is 1. The second-order valence-corrected chi connectivity index (χ2v) is 8.27. The molecular weight excluding hydrogens is 376 g/mol. The van der Waals surface area contributed by atoms with E-state index in [0.29, 0.717) is 12.3 Å². The standard InChI is InChI=1S/C25H34N2O3/c28-24-13-7-18-27(24)19-8-17-26(16-5-1-2-14-25(29)30)20-15-22-11-6-10-21-9-3-4-12-23(21)22/h3-4,6,9-12H,1-2,5,7-8,13-20H2,(H,29,30). The van der Waals surface area contributed by atoms with Crippen molar-refractivity contribution in [1.29, 1.82) is 0 Å². The van der Waals surface area contributed by atoms with Crippen molar-refractivity contribution in [2.75, 3.05) is 32.7 Å². The molecule has 0 aromatic heterocycles. The third kappa shape index (κ3) is 6.84. The average molecular weight is 411 g/mol. The molecule has 1 amide bonds. The first-order valence-electron chi connectivity index (χ1n) is 11.3. The molecular formula is C25H34N2O3. The minimum absolute atomic E-state index is 0.257. The highest BCUT2D eigenvalue weighted by atomic mass is 16.4. The number of carbonyl (C=O) groups excluding carboxylic acids is 1. The Hall–Kier alpha value is -2.40. The first-order chi connectivity index (χ1) is 14.6. The van der Waals surface area contributed by atoms with E-state index in [-0.39, 0.29) is 6.42 Å². The van der Waals surface area contributed by atoms with Crippen molar-refractivity contribution in [2.24, 2.45) is 0 Å². The van der Waals surface area contributed by atoms with Gasteiger partial charge in [0.2, 0.25) is 5.91 Å². The first kappa shape index (κ1) is 22.3. The molecule has 3 rings (SSSR count). The Labute approximate surface area is 179 Å². The molecule has 1 fully saturated rings. The van der Waals surface area contributed by atoms with E-state index in [1.165, 1.54) is 16.3 Å². The van der Waals surface area contributed by atoms with Crippen molar-refractivity contribution in [3.05, 3.63) is 48.0 Å². The molecule has 2 aromatic carbocycles. The van der Waals surface area contributed by atoms with Crippen molar-refractivity contribution >= 4 is 22.6 Å². The molecule has 1 saturated heterocycles. The Morgan fingerprint density at radius 2 is 1.77 bits per heavy atom. The van der Waals surface area contributed by atoms with Gasteiger partial charge in [0.1, 0.15) is 0 Å². The summed E-state index contributed by atoms with van der Waals surface area (Å²) in [6.45, 7) is 4.71. The van der Waals surface area contributed by atoms with Gasteiger partial charge in [-0.25, -0.2) is 0 Å². The van der Waals surface area contributed by atoms with E-state index in [1.807, 2.05) is 4.90 Å². The van der Waals surface area contributed by atoms with Crippen LogP contribution < -0.4 is 0 Å². The SMILES string of the molecule is O=C(O)CCCCCN(CCCN1CCCC1=O)CCc1cccc2ccccc12. The zero-order valence-electron chi connectivity index (χ0n) is 17.9. The molecule has 5 nitrogen and oxygen atoms in total. The number of rotatable bonds is 13. The Morgan fingerprint density at radius 1 is 0.967 bits per heavy atom. The van der Waals surface area contributed by atoms with E-state index in [2.05, 4.69) is 47.4 Å². The number of likely N-dealkylation sites (tertiary alicyclic amines) is 1. The molecule has 0 unspecified atom stereocenters. The summed E-state index contributed by atoms with van der Waals surface area (Å²) in [5.41, 5.74) is 1.37. The van der Waals surface area contributed by atoms with Crippen LogP contribution in [0.4, 0.5) is 0 Å². The van der Waals surface area contributed by atoms with E-state index in [9.17, 15) is 9.59 Å². The largest absolute Gasteiger partial charge is 0.481 e. The van der Waals surface area contributed by atoms with Crippen LogP contribution in [0.2, 0.25) is 0 Å². The van der Waals surface area contributed by atoms with Gasteiger partial charge in [0.15, 0.2) is 0 Å². The van der Waals surface area contributed by atoms with Gasteiger partial charge in [-0.05, 0) is 61.5 Å². The lowest BCUT2D eigenvalue weighted by Gasteiger charge is -2.24. The van der Waals surface area contributed by atoms with E-state index in [0.717, 1.165) is 71.2 Å². The van der Waals surface area contributed by atoms with Crippen molar-refractivity contribution < 1.29 is 14.7 Å². The highest BCUT2D eigenvalue weighted by molar-refractivity contribution is 5.85. The molecule has 162 valence electrons. The molecule has 30 heavy (non-hydrogen) atoms. The minimum atomic E-state index is -0.710. The first-order valence-corrected chi connectivity index (χ1v) is 11.3. The number of aliphatic carboxylic acids is 1. The van der Waals surface area contributed by atoms with Crippen LogP contribution in [-0.2, 0) is 16.0 Å². The molecule has 1 aliphatic heterocycles. The topological polar surface area (TPSA) is 60.9 Å². The lowest BCUT2D eigenvalue weighted by Crippen LogP contribution is -2.32. The smallest absolute Gasteiger partial charge is 0.303 e. The van der Waals surface area contributed by atoms with Crippen LogP contribution in [0.3, 0.4) is 0 Å². The maximum atomic E-state index is 11.8. The monoisotopic (exact) mass is 410 g/mol. The molecule has 0 radical (unpaired) electrons. The molecule has 5 heteroatoms. The van der Waals surface area contributed by atoms with Gasteiger partial charge in [0.05, 0.1) is 0 Å². The summed E-state index contributed by atoms with van der Waals surface area (Å²) in [4.78, 5) is 27.0. The third-order valence-electron chi connectivity index (χ3n) is 6.02. The van der Waals surface area contributed by atoms with Crippen LogP contribution >= 0.6 is 0 Å². The predicted molar refractivity (Wildman–Crippen MR) is 121 cm³/mol. The van der Waals surface area contributed by atoms with Crippen LogP contribution in [0.15, 0.2) is 42.5 Å². The Kier molecular flexibility index (Phi) is 8.69. The van der Waals surface area contributed by atoms with Crippen LogP contribution in [0.1, 0.15) is 50.5 Å². The summed E-state index contributed by atoms with van der Waals surface area (Å²) in [6.07, 6.45) is 6.66. The molecule has 0 bridgehead atoms. The Bertz CT molecular complexity index is 831. The van der Waals surface area contributed by atoms with Gasteiger partial charge < -0.3 is 14.9 Å². The van der Waals surface area contributed by atoms with Crippen LogP contribution in [0.5, 0.6) is 0 Å². The lowest BCUT2D eigenvalue weighted by molar-refractivity contribution is -0.137. The van der Waals surface area contributed by atoms with Gasteiger partial charge in [0.25, 0.3) is 0 Å². The maximum Gasteiger partial charge on any atom is 0.303 e. The Morgan fingerprint density at radius 3 is 2.57 bits per heavy atom. The number of unbranched alkanes of at least 4 members (excludes halogenated alkanes) is 2. The molecule has 0 aliphatic carbocycles. The molecule has 0 saturated carbocycles. The van der Waals surface area contributed by atoms with E-state index in [1.54, 1.807) is 0 Å². The molecule has 0 atom stereocenters. The van der Waals surface area contributed by atoms with Crippen molar-refractivity contribution in [1.82, 2.24) is 9.80 Å². The number of nitrogens with zero attached hydrogens (tertiary/aromatic N) is 2. The summed E-state index contributed by atoms with van der Waals surface area (Å²) in [6, 6.07) is 15.0. The molecule has 1 heterocycles. The summed E-state index contributed by atoms with van der Waals surface area (Å²) in [7, 11) is 0. The molecule has 2 aromatic rings. The normalized spacial score (nSPS) is 14.2. The maximum absolute atomic E-state index is 11.8. The summed E-state index contributed by atoms with van der Waals surface area (Å²) in [5.74, 6) is -0.413. The number of amides is 1. The minimum Gasteiger partial charge on any atom is -0.481 e. The van der Waals surface area contributed by atoms with Crippen LogP contribution in [0.25, 0.3) is 10.8 Å². The zero-order valence-corrected chi connectivity index (χ0v) is 17.9. The number of hydrogen-bond acceptors (Lipinski definition) is 3. The quantitative estimate of drug-likeness (QED) is 0.499. The van der Waals surface area contributed by atoms with Gasteiger partial charge in [-0.1, -0.05) is 48.9 Å². The number of hydrogen-bond donors (Lipinski definition) is 1. The highest BCUT2D eigenvalue weighted by Crippen LogP contribution is 2.19. The summed E-state index contributed by atoms with van der Waals surface area (Å²) < 4.78 is 0. The van der Waals surface area contributed by atoms with Crippen LogP contribution in [-0.4, -0.2) is 59.5 Å². The number of fused-ring (bicyclic) bond motifs is 1. The molecule has 1 aliphatic rings. The average Bonchev–Trinajstić information content (AvgIpc) is 3.15. The van der Waals surface area contributed by atoms with Crippen LogP contribution in [0, 0.1) is 0 Å². The van der Waals surface area contributed by atoms with Gasteiger partial charge in [-0.15, -0.1) is 0 Å². The van der Waals surface area contributed by atoms with Gasteiger partial charge in [-0.3, -0.25) is 9.59 Å². The van der Waals surface area contributed by atoms with Gasteiger partial charge in [0, 0.05) is 32.5 Å². The zero-order chi connectivity index (χ0) is 21.2. The van der Waals surface area contributed by atoms with Crippen molar-refractivity contribution in [2.45, 2.75) is 51.4 Å². The highest BCUT2D eigenvalue weighted by Gasteiger charge is 2.19. The summed E-state index contributed by atoms with van der Waals surface area (Å²) >= 11 is 0. The fourth-order valence-corrected chi connectivity index (χ4v) is 4.34. The summed E-state index contributed by atoms with van der Waals surface area (Å²) in [5, 5.41) is 11.4. The van der Waals surface area contributed by atoms with Gasteiger partial charge >= 0.3 is 5.97 Å². The lowest BCUT2D eigenvalue weighted by atomic mass is 10.0. The second-order valence-electron chi connectivity index (χ2n) is 8.27. The molecule has 1 N–H and O–H groups in total. The van der Waals surface area contributed by atoms with E-state index < -0.39 is 5.97 Å². The van der Waals surface area contributed by atoms with Gasteiger partial charge in [-0.2, -0.15) is 0 Å². The predicted octanol–water partition coefficient (Wildman–Crippen LogP) is 4.34. The third-order valence-corrected chi connectivity index (χ3v) is 6.02. The number of carboxylic acid groups (broad SMARTS) is 1. The Balaban J connectivity index is 1.52. The van der Waals surface area contributed by atoms with Crippen molar-refractivity contribution in [3.63, 3.8) is 0 Å². The van der Waals surface area contributed by atoms with E-state index in [4.69, 9.17) is 5.11 Å².